The first-order valence-corrected chi connectivity index (χ1v) is 15.1. The molecule has 1 N–H and O–H groups in total. The van der Waals surface area contributed by atoms with E-state index in [0.29, 0.717) is 5.57 Å². The van der Waals surface area contributed by atoms with E-state index in [-0.39, 0.29) is 0 Å². The first-order valence-electron chi connectivity index (χ1n) is 15.1. The molecule has 0 unspecified atom stereocenters. The van der Waals surface area contributed by atoms with Crippen molar-refractivity contribution in [1.82, 2.24) is 0 Å². The first kappa shape index (κ1) is 38.5. The summed E-state index contributed by atoms with van der Waals surface area (Å²) >= 11 is 0. The van der Waals surface area contributed by atoms with Crippen LogP contribution in [0.25, 0.3) is 0 Å². The lowest BCUT2D eigenvalue weighted by Gasteiger charge is -2.16. The largest absolute Gasteiger partial charge is 0.390 e. The molecule has 0 saturated carbocycles. The second kappa shape index (κ2) is 23.1. The Bertz CT molecular complexity index is 1180. The summed E-state index contributed by atoms with van der Waals surface area (Å²) in [5, 5.41) is 9.81. The van der Waals surface area contributed by atoms with Crippen LogP contribution in [-0.2, 0) is 4.79 Å². The molecule has 0 aromatic rings. The highest BCUT2D eigenvalue weighted by Gasteiger charge is 2.10. The lowest BCUT2D eigenvalue weighted by atomic mass is 9.99. The van der Waals surface area contributed by atoms with E-state index in [1.807, 2.05) is 69.4 Å². The van der Waals surface area contributed by atoms with Gasteiger partial charge in [0.25, 0.3) is 0 Å². The molecule has 2 nitrogen and oxygen atoms in total. The van der Waals surface area contributed by atoms with Crippen LogP contribution in [-0.4, -0.2) is 17.0 Å². The van der Waals surface area contributed by atoms with E-state index in [4.69, 9.17) is 0 Å². The van der Waals surface area contributed by atoms with Crippen molar-refractivity contribution in [2.24, 2.45) is 0 Å². The van der Waals surface area contributed by atoms with E-state index in [1.54, 1.807) is 6.08 Å². The highest BCUT2D eigenvalue weighted by atomic mass is 16.3. The first-order chi connectivity index (χ1) is 19.8. The van der Waals surface area contributed by atoms with E-state index in [9.17, 15) is 9.90 Å². The van der Waals surface area contributed by atoms with Crippen molar-refractivity contribution in [3.63, 3.8) is 0 Å². The molecular formula is C40H56O2. The standard InChI is InChI=1S/C40H56O2/c1-33(2)18-12-20-35(4)22-14-24-36(5)23-13-21-34(3)19-10-11-29-39(32-41)30-16-27-37(6)25-15-26-38(7)28-17-31-40(8,9)42/h10-11,13-16,18-19,21-27,29-30,32,42H,12,17,20,28,31H2,1-9H3/b11-10+,21-13+,24-14+,25-15+,30-16+,34-19+,35-22+,36-23+,37-27+,38-26+,39-29-. The van der Waals surface area contributed by atoms with Gasteiger partial charge in [-0.1, -0.05) is 137 Å². The van der Waals surface area contributed by atoms with Crippen LogP contribution in [0.3, 0.4) is 0 Å². The van der Waals surface area contributed by atoms with Crippen LogP contribution in [0.2, 0.25) is 0 Å². The Balaban J connectivity index is 4.84. The molecule has 228 valence electrons. The minimum Gasteiger partial charge on any atom is -0.390 e. The molecule has 0 saturated heterocycles. The molecule has 0 aromatic carbocycles. The molecule has 0 aliphatic rings. The Hall–Kier alpha value is -3.49. The topological polar surface area (TPSA) is 37.3 Å². The van der Waals surface area contributed by atoms with Crippen LogP contribution < -0.4 is 0 Å². The molecule has 0 spiro atoms. The predicted molar refractivity (Wildman–Crippen MR) is 187 cm³/mol. The molecule has 0 rings (SSSR count). The minimum atomic E-state index is -0.600. The molecular weight excluding hydrogens is 512 g/mol. The fraction of sp³-hybridized carbons (Fsp3) is 0.375. The van der Waals surface area contributed by atoms with Crippen molar-refractivity contribution in [2.45, 2.75) is 100 Å². The van der Waals surface area contributed by atoms with Crippen LogP contribution >= 0.6 is 0 Å². The monoisotopic (exact) mass is 568 g/mol. The normalized spacial score (nSPS) is 15.4. The number of carbonyl (C=O) groups is 1. The molecule has 0 radical (unpaired) electrons. The molecule has 0 aliphatic carbocycles. The molecule has 0 heterocycles. The molecule has 0 amide bonds. The highest BCUT2D eigenvalue weighted by Crippen LogP contribution is 2.15. The lowest BCUT2D eigenvalue weighted by molar-refractivity contribution is -0.104. The number of carbonyl (C=O) groups excluding carboxylic acids is 1. The highest BCUT2D eigenvalue weighted by molar-refractivity contribution is 5.78. The minimum absolute atomic E-state index is 0.600. The van der Waals surface area contributed by atoms with Gasteiger partial charge >= 0.3 is 0 Å². The molecule has 42 heavy (non-hydrogen) atoms. The van der Waals surface area contributed by atoms with E-state index in [1.165, 1.54) is 22.3 Å². The van der Waals surface area contributed by atoms with Gasteiger partial charge in [0.1, 0.15) is 6.29 Å². The van der Waals surface area contributed by atoms with E-state index in [2.05, 4.69) is 90.2 Å². The third kappa shape index (κ3) is 25.5. The van der Waals surface area contributed by atoms with Gasteiger partial charge in [-0.05, 0) is 94.4 Å². The summed E-state index contributed by atoms with van der Waals surface area (Å²) in [5.41, 5.74) is 7.47. The smallest absolute Gasteiger partial charge is 0.150 e. The van der Waals surface area contributed by atoms with Crippen molar-refractivity contribution in [2.75, 3.05) is 0 Å². The Morgan fingerprint density at radius 2 is 1.05 bits per heavy atom. The van der Waals surface area contributed by atoms with Crippen LogP contribution in [0, 0.1) is 0 Å². The zero-order valence-corrected chi connectivity index (χ0v) is 27.8. The van der Waals surface area contributed by atoms with Crippen LogP contribution in [0.4, 0.5) is 0 Å². The molecule has 0 bridgehead atoms. The molecule has 0 aliphatic heterocycles. The predicted octanol–water partition coefficient (Wildman–Crippen LogP) is 11.3. The van der Waals surface area contributed by atoms with Gasteiger partial charge in [-0.15, -0.1) is 0 Å². The number of rotatable bonds is 18. The summed E-state index contributed by atoms with van der Waals surface area (Å²) in [6.45, 7) is 18.4. The van der Waals surface area contributed by atoms with Gasteiger partial charge < -0.3 is 5.11 Å². The maximum Gasteiger partial charge on any atom is 0.150 e. The quantitative estimate of drug-likeness (QED) is 0.0772. The number of aliphatic hydroxyl groups is 1. The van der Waals surface area contributed by atoms with Gasteiger partial charge in [0.15, 0.2) is 0 Å². The summed E-state index contributed by atoms with van der Waals surface area (Å²) in [6, 6.07) is 0. The molecule has 0 aromatic heterocycles. The van der Waals surface area contributed by atoms with Crippen LogP contribution in [0.1, 0.15) is 94.4 Å². The van der Waals surface area contributed by atoms with Crippen LogP contribution in [0.15, 0.2) is 142 Å². The summed E-state index contributed by atoms with van der Waals surface area (Å²) in [4.78, 5) is 11.4. The van der Waals surface area contributed by atoms with Crippen molar-refractivity contribution in [1.29, 1.82) is 0 Å². The summed E-state index contributed by atoms with van der Waals surface area (Å²) in [5.74, 6) is 0. The average Bonchev–Trinajstić information content (AvgIpc) is 2.89. The maximum atomic E-state index is 11.4. The average molecular weight is 569 g/mol. The van der Waals surface area contributed by atoms with Gasteiger partial charge in [0.2, 0.25) is 0 Å². The van der Waals surface area contributed by atoms with E-state index in [0.717, 1.165) is 49.5 Å². The van der Waals surface area contributed by atoms with E-state index >= 15 is 0 Å². The molecule has 2 heteroatoms. The zero-order chi connectivity index (χ0) is 31.8. The summed E-state index contributed by atoms with van der Waals surface area (Å²) in [6.07, 6.45) is 40.3. The van der Waals surface area contributed by atoms with Crippen molar-refractivity contribution >= 4 is 6.29 Å². The van der Waals surface area contributed by atoms with Gasteiger partial charge in [-0.25, -0.2) is 0 Å². The molecule has 0 atom stereocenters. The fourth-order valence-electron chi connectivity index (χ4n) is 3.62. The number of aldehydes is 1. The second-order valence-corrected chi connectivity index (χ2v) is 11.9. The van der Waals surface area contributed by atoms with Crippen molar-refractivity contribution in [3.8, 4) is 0 Å². The van der Waals surface area contributed by atoms with Crippen LogP contribution in [0.5, 0.6) is 0 Å². The third-order valence-electron chi connectivity index (χ3n) is 6.19. The Labute approximate surface area is 258 Å². The van der Waals surface area contributed by atoms with Gasteiger partial charge in [-0.3, -0.25) is 4.79 Å². The molecule has 0 fully saturated rings. The Kier molecular flexibility index (Phi) is 21.2. The Morgan fingerprint density at radius 3 is 1.55 bits per heavy atom. The van der Waals surface area contributed by atoms with Gasteiger partial charge in [0, 0.05) is 5.57 Å². The summed E-state index contributed by atoms with van der Waals surface area (Å²) in [7, 11) is 0. The SMILES string of the molecule is CC(C)=CCC/C(C)=C/C=C/C(C)=C/C=C/C(C)=C/C=C/C=C(C=O)/C=C/C=C(C)/C=C/C=C(\C)CCCC(C)(C)O. The number of hydrogen-bond acceptors (Lipinski definition) is 2. The van der Waals surface area contributed by atoms with Crippen molar-refractivity contribution < 1.29 is 9.90 Å². The number of hydrogen-bond donors (Lipinski definition) is 1. The fourth-order valence-corrected chi connectivity index (χ4v) is 3.62. The second-order valence-electron chi connectivity index (χ2n) is 11.9. The van der Waals surface area contributed by atoms with Crippen molar-refractivity contribution in [3.05, 3.63) is 142 Å². The third-order valence-corrected chi connectivity index (χ3v) is 6.19. The number of allylic oxidation sites excluding steroid dienone is 24. The maximum absolute atomic E-state index is 11.4. The van der Waals surface area contributed by atoms with Gasteiger partial charge in [-0.2, -0.15) is 0 Å². The lowest BCUT2D eigenvalue weighted by Crippen LogP contribution is -2.17. The van der Waals surface area contributed by atoms with E-state index < -0.39 is 5.60 Å². The zero-order valence-electron chi connectivity index (χ0n) is 27.8. The Morgan fingerprint density at radius 1 is 0.595 bits per heavy atom. The summed E-state index contributed by atoms with van der Waals surface area (Å²) < 4.78 is 0. The van der Waals surface area contributed by atoms with Gasteiger partial charge in [0.05, 0.1) is 5.60 Å².